The molecule has 0 aliphatic rings. The van der Waals surface area contributed by atoms with Gasteiger partial charge in [0.1, 0.15) is 17.7 Å². The van der Waals surface area contributed by atoms with Crippen molar-refractivity contribution in [2.24, 2.45) is 5.73 Å². The second-order valence-corrected chi connectivity index (χ2v) is 5.29. The van der Waals surface area contributed by atoms with Crippen LogP contribution in [0.25, 0.3) is 0 Å². The van der Waals surface area contributed by atoms with E-state index in [1.165, 1.54) is 12.1 Å². The van der Waals surface area contributed by atoms with Gasteiger partial charge in [0.2, 0.25) is 0 Å². The van der Waals surface area contributed by atoms with Crippen LogP contribution in [0.4, 0.5) is 4.39 Å². The smallest absolute Gasteiger partial charge is 0.142 e. The number of hydrogen-bond donors (Lipinski definition) is 1. The summed E-state index contributed by atoms with van der Waals surface area (Å²) < 4.78 is 19.0. The van der Waals surface area contributed by atoms with Gasteiger partial charge in [-0.15, -0.1) is 0 Å². The first-order valence-electron chi connectivity index (χ1n) is 6.41. The number of nitrogens with two attached hydrogens (primary N) is 1. The number of ether oxygens (including phenoxy) is 1. The van der Waals surface area contributed by atoms with Gasteiger partial charge in [0.25, 0.3) is 0 Å². The predicted octanol–water partition coefficient (Wildman–Crippen LogP) is 4.25. The molecule has 4 heteroatoms. The quantitative estimate of drug-likeness (QED) is 0.914. The van der Waals surface area contributed by atoms with Crippen LogP contribution in [-0.2, 0) is 0 Å². The lowest BCUT2D eigenvalue weighted by molar-refractivity contribution is 0.180. The van der Waals surface area contributed by atoms with Crippen molar-refractivity contribution >= 4 is 11.6 Å². The molecule has 0 aliphatic heterocycles. The highest BCUT2D eigenvalue weighted by atomic mass is 35.5. The first-order chi connectivity index (χ1) is 9.47. The number of hydrogen-bond acceptors (Lipinski definition) is 2. The molecule has 2 unspecified atom stereocenters. The van der Waals surface area contributed by atoms with E-state index in [1.807, 2.05) is 38.1 Å². The topological polar surface area (TPSA) is 35.2 Å². The summed E-state index contributed by atoms with van der Waals surface area (Å²) in [7, 11) is 0. The van der Waals surface area contributed by atoms with Crippen LogP contribution in [0.15, 0.2) is 42.5 Å². The first kappa shape index (κ1) is 14.8. The van der Waals surface area contributed by atoms with Crippen molar-refractivity contribution in [3.63, 3.8) is 0 Å². The van der Waals surface area contributed by atoms with E-state index in [2.05, 4.69) is 0 Å². The number of benzene rings is 2. The Bertz CT molecular complexity index is 601. The van der Waals surface area contributed by atoms with E-state index in [0.717, 1.165) is 11.1 Å². The van der Waals surface area contributed by atoms with Gasteiger partial charge in [0.05, 0.1) is 5.02 Å². The van der Waals surface area contributed by atoms with E-state index in [1.54, 1.807) is 6.07 Å². The monoisotopic (exact) mass is 293 g/mol. The molecular weight excluding hydrogens is 277 g/mol. The molecule has 2 N–H and O–H groups in total. The van der Waals surface area contributed by atoms with Crippen LogP contribution in [0, 0.1) is 12.7 Å². The largest absolute Gasteiger partial charge is 0.484 e. The van der Waals surface area contributed by atoms with Gasteiger partial charge in [0.15, 0.2) is 0 Å². The van der Waals surface area contributed by atoms with Gasteiger partial charge >= 0.3 is 0 Å². The van der Waals surface area contributed by atoms with Crippen LogP contribution < -0.4 is 10.5 Å². The molecule has 0 fully saturated rings. The minimum atomic E-state index is -0.466. The highest BCUT2D eigenvalue weighted by Crippen LogP contribution is 2.28. The van der Waals surface area contributed by atoms with E-state index in [4.69, 9.17) is 22.1 Å². The molecule has 0 spiro atoms. The van der Waals surface area contributed by atoms with Crippen molar-refractivity contribution < 1.29 is 9.13 Å². The van der Waals surface area contributed by atoms with Crippen LogP contribution >= 0.6 is 11.6 Å². The van der Waals surface area contributed by atoms with Crippen LogP contribution in [0.2, 0.25) is 5.02 Å². The van der Waals surface area contributed by atoms with Gasteiger partial charge in [-0.2, -0.15) is 0 Å². The molecule has 2 aromatic rings. The van der Waals surface area contributed by atoms with Crippen molar-refractivity contribution in [1.82, 2.24) is 0 Å². The highest BCUT2D eigenvalue weighted by Gasteiger charge is 2.18. The lowest BCUT2D eigenvalue weighted by Crippen LogP contribution is -2.29. The van der Waals surface area contributed by atoms with Gasteiger partial charge in [-0.1, -0.05) is 41.4 Å². The fourth-order valence-corrected chi connectivity index (χ4v) is 2.19. The lowest BCUT2D eigenvalue weighted by atomic mass is 10.0. The van der Waals surface area contributed by atoms with E-state index < -0.39 is 5.82 Å². The summed E-state index contributed by atoms with van der Waals surface area (Å²) in [5, 5.41) is 0.0372. The maximum absolute atomic E-state index is 13.2. The van der Waals surface area contributed by atoms with Crippen LogP contribution in [-0.4, -0.2) is 6.04 Å². The van der Waals surface area contributed by atoms with E-state index in [0.29, 0.717) is 5.75 Å². The summed E-state index contributed by atoms with van der Waals surface area (Å²) in [4.78, 5) is 0. The Morgan fingerprint density at radius 3 is 2.55 bits per heavy atom. The molecular formula is C16H17ClFNO. The van der Waals surface area contributed by atoms with Crippen molar-refractivity contribution in [3.05, 3.63) is 64.4 Å². The number of rotatable bonds is 4. The van der Waals surface area contributed by atoms with E-state index >= 15 is 0 Å². The molecule has 0 aromatic heterocycles. The molecule has 0 saturated heterocycles. The van der Waals surface area contributed by atoms with Crippen molar-refractivity contribution in [2.75, 3.05) is 0 Å². The minimum absolute atomic E-state index is 0.0372. The highest BCUT2D eigenvalue weighted by molar-refractivity contribution is 6.30. The Balaban J connectivity index is 2.28. The van der Waals surface area contributed by atoms with Gasteiger partial charge in [-0.3, -0.25) is 0 Å². The Morgan fingerprint density at radius 2 is 1.95 bits per heavy atom. The summed E-state index contributed by atoms with van der Waals surface area (Å²) in [5.74, 6) is 0.0344. The van der Waals surface area contributed by atoms with Crippen LogP contribution in [0.3, 0.4) is 0 Å². The molecule has 106 valence electrons. The third-order valence-electron chi connectivity index (χ3n) is 3.00. The van der Waals surface area contributed by atoms with Crippen molar-refractivity contribution in [3.8, 4) is 5.75 Å². The molecule has 20 heavy (non-hydrogen) atoms. The zero-order valence-corrected chi connectivity index (χ0v) is 12.2. The maximum Gasteiger partial charge on any atom is 0.142 e. The second kappa shape index (κ2) is 6.25. The van der Waals surface area contributed by atoms with Gasteiger partial charge in [0, 0.05) is 12.1 Å². The zero-order valence-electron chi connectivity index (χ0n) is 11.4. The number of halogens is 2. The third kappa shape index (κ3) is 3.50. The van der Waals surface area contributed by atoms with Crippen LogP contribution in [0.5, 0.6) is 5.75 Å². The van der Waals surface area contributed by atoms with Gasteiger partial charge < -0.3 is 10.5 Å². The fraction of sp³-hybridized carbons (Fsp3) is 0.250. The fourth-order valence-electron chi connectivity index (χ4n) is 2.02. The summed E-state index contributed by atoms with van der Waals surface area (Å²) in [6.45, 7) is 3.88. The predicted molar refractivity (Wildman–Crippen MR) is 79.6 cm³/mol. The lowest BCUT2D eigenvalue weighted by Gasteiger charge is -2.23. The molecule has 0 amide bonds. The number of aryl methyl sites for hydroxylation is 1. The molecule has 0 saturated carbocycles. The summed E-state index contributed by atoms with van der Waals surface area (Å²) >= 11 is 5.76. The molecule has 0 heterocycles. The van der Waals surface area contributed by atoms with E-state index in [-0.39, 0.29) is 17.2 Å². The molecule has 2 atom stereocenters. The molecule has 2 aromatic carbocycles. The van der Waals surface area contributed by atoms with E-state index in [9.17, 15) is 4.39 Å². The maximum atomic E-state index is 13.2. The average Bonchev–Trinajstić information content (AvgIpc) is 2.39. The summed E-state index contributed by atoms with van der Waals surface area (Å²) in [6.07, 6.45) is -0.309. The average molecular weight is 294 g/mol. The molecule has 0 aliphatic carbocycles. The van der Waals surface area contributed by atoms with Gasteiger partial charge in [-0.05, 0) is 31.5 Å². The summed E-state index contributed by atoms with van der Waals surface area (Å²) in [5.41, 5.74) is 8.12. The Hall–Kier alpha value is -1.58. The Labute approximate surface area is 123 Å². The standard InChI is InChI=1S/C16H17ClFNO/c1-10-4-3-5-12(8-10)16(11(2)19)20-13-6-7-15(18)14(17)9-13/h3-9,11,16H,19H2,1-2H3. The molecule has 2 rings (SSSR count). The Morgan fingerprint density at radius 1 is 1.20 bits per heavy atom. The SMILES string of the molecule is Cc1cccc(C(Oc2ccc(F)c(Cl)c2)C(C)N)c1. The molecule has 0 radical (unpaired) electrons. The Kier molecular flexibility index (Phi) is 4.63. The molecule has 2 nitrogen and oxygen atoms in total. The van der Waals surface area contributed by atoms with Crippen molar-refractivity contribution in [1.29, 1.82) is 0 Å². The van der Waals surface area contributed by atoms with Crippen molar-refractivity contribution in [2.45, 2.75) is 26.0 Å². The van der Waals surface area contributed by atoms with Crippen LogP contribution in [0.1, 0.15) is 24.2 Å². The normalized spacial score (nSPS) is 13.8. The van der Waals surface area contributed by atoms with Gasteiger partial charge in [-0.25, -0.2) is 4.39 Å². The first-order valence-corrected chi connectivity index (χ1v) is 6.79. The zero-order chi connectivity index (χ0) is 14.7. The third-order valence-corrected chi connectivity index (χ3v) is 3.29. The second-order valence-electron chi connectivity index (χ2n) is 4.89. The summed E-state index contributed by atoms with van der Waals surface area (Å²) in [6, 6.07) is 12.0. The molecule has 0 bridgehead atoms. The minimum Gasteiger partial charge on any atom is -0.484 e.